The Hall–Kier alpha value is -4.25. The summed E-state index contributed by atoms with van der Waals surface area (Å²) >= 11 is 6.18. The Labute approximate surface area is 198 Å². The fourth-order valence-corrected chi connectivity index (χ4v) is 3.19. The quantitative estimate of drug-likeness (QED) is 0.282. The molecule has 0 aliphatic carbocycles. The van der Waals surface area contributed by atoms with Gasteiger partial charge in [0.25, 0.3) is 0 Å². The van der Waals surface area contributed by atoms with E-state index in [0.717, 1.165) is 17.5 Å². The van der Waals surface area contributed by atoms with Crippen LogP contribution in [0.25, 0.3) is 0 Å². The molecule has 0 radical (unpaired) electrons. The molecule has 1 heterocycles. The predicted octanol–water partition coefficient (Wildman–Crippen LogP) is 4.76. The second-order valence-corrected chi connectivity index (χ2v) is 7.39. The number of halogens is 1. The molecule has 3 aromatic rings. The summed E-state index contributed by atoms with van der Waals surface area (Å²) in [6.45, 7) is 3.55. The number of nitrogens with zero attached hydrogens (tertiary/aromatic N) is 3. The molecule has 0 unspecified atom stereocenters. The lowest BCUT2D eigenvalue weighted by molar-refractivity contribution is -0.385. The number of aryl methyl sites for hydroxylation is 2. The summed E-state index contributed by atoms with van der Waals surface area (Å²) in [6.07, 6.45) is 1.08. The lowest BCUT2D eigenvalue weighted by Gasteiger charge is -2.12. The third-order valence-corrected chi connectivity index (χ3v) is 5.23. The van der Waals surface area contributed by atoms with Crippen molar-refractivity contribution in [3.8, 4) is 11.6 Å². The van der Waals surface area contributed by atoms with Crippen LogP contribution in [0.15, 0.2) is 36.7 Å². The molecule has 0 spiro atoms. The average Bonchev–Trinajstić information content (AvgIpc) is 2.81. The zero-order valence-corrected chi connectivity index (χ0v) is 19.3. The zero-order chi connectivity index (χ0) is 25.0. The van der Waals surface area contributed by atoms with Crippen LogP contribution in [0.5, 0.6) is 11.6 Å². The van der Waals surface area contributed by atoms with Crippen molar-refractivity contribution < 1.29 is 28.7 Å². The Kier molecular flexibility index (Phi) is 7.27. The molecule has 0 bridgehead atoms. The smallest absolute Gasteiger partial charge is 0.373 e. The molecule has 1 aromatic heterocycles. The number of rotatable bonds is 7. The molecular weight excluding hydrogens is 468 g/mol. The van der Waals surface area contributed by atoms with Gasteiger partial charge < -0.3 is 19.5 Å². The van der Waals surface area contributed by atoms with E-state index in [-0.39, 0.29) is 28.5 Å². The highest BCUT2D eigenvalue weighted by Crippen LogP contribution is 2.37. The van der Waals surface area contributed by atoms with Gasteiger partial charge in [0.1, 0.15) is 12.1 Å². The maximum absolute atomic E-state index is 12.0. The first kappa shape index (κ1) is 24.4. The number of carbonyl (C=O) groups is 2. The molecule has 0 amide bonds. The molecule has 34 heavy (non-hydrogen) atoms. The van der Waals surface area contributed by atoms with Crippen LogP contribution in [0.3, 0.4) is 0 Å². The second kappa shape index (κ2) is 10.1. The van der Waals surface area contributed by atoms with Crippen molar-refractivity contribution in [1.82, 2.24) is 9.97 Å². The van der Waals surface area contributed by atoms with Crippen molar-refractivity contribution in [3.05, 3.63) is 74.0 Å². The number of hydrogen-bond donors (Lipinski definition) is 1. The summed E-state index contributed by atoms with van der Waals surface area (Å²) in [5, 5.41) is 15.2. The van der Waals surface area contributed by atoms with Gasteiger partial charge in [0, 0.05) is 10.7 Å². The number of carbonyl (C=O) groups excluding carboxylic acids is 2. The van der Waals surface area contributed by atoms with Crippen molar-refractivity contribution in [2.75, 3.05) is 19.5 Å². The van der Waals surface area contributed by atoms with E-state index in [1.54, 1.807) is 26.0 Å². The number of anilines is 2. The summed E-state index contributed by atoms with van der Waals surface area (Å²) in [5.74, 6) is -1.68. The van der Waals surface area contributed by atoms with Crippen molar-refractivity contribution in [2.45, 2.75) is 13.8 Å². The van der Waals surface area contributed by atoms with E-state index >= 15 is 0 Å². The number of nitro groups is 1. The number of esters is 2. The van der Waals surface area contributed by atoms with Gasteiger partial charge in [0.05, 0.1) is 30.3 Å². The molecule has 0 fully saturated rings. The summed E-state index contributed by atoms with van der Waals surface area (Å²) in [6, 6.07) is 7.21. The highest BCUT2D eigenvalue weighted by atomic mass is 35.5. The van der Waals surface area contributed by atoms with E-state index < -0.39 is 22.5 Å². The Morgan fingerprint density at radius 3 is 2.03 bits per heavy atom. The second-order valence-electron chi connectivity index (χ2n) is 7.01. The fourth-order valence-electron chi connectivity index (χ4n) is 3.08. The SMILES string of the molecule is COC(=O)c1cc(Nc2ncnc(Oc3cc(C)c(Cl)c(C)c3)c2[N+](=O)[O-])cc(C(=O)OC)c1. The maximum Gasteiger partial charge on any atom is 0.373 e. The summed E-state index contributed by atoms with van der Waals surface area (Å²) < 4.78 is 15.1. The Morgan fingerprint density at radius 2 is 1.53 bits per heavy atom. The third kappa shape index (κ3) is 5.21. The van der Waals surface area contributed by atoms with Crippen LogP contribution in [0.2, 0.25) is 5.02 Å². The van der Waals surface area contributed by atoms with Gasteiger partial charge >= 0.3 is 23.5 Å². The van der Waals surface area contributed by atoms with Crippen LogP contribution >= 0.6 is 11.6 Å². The third-order valence-electron chi connectivity index (χ3n) is 4.63. The van der Waals surface area contributed by atoms with Crippen molar-refractivity contribution in [1.29, 1.82) is 0 Å². The molecule has 0 saturated heterocycles. The van der Waals surface area contributed by atoms with Gasteiger partial charge in [-0.3, -0.25) is 10.1 Å². The van der Waals surface area contributed by atoms with Gasteiger partial charge in [0.2, 0.25) is 5.82 Å². The molecule has 12 heteroatoms. The molecular formula is C22H19ClN4O7. The van der Waals surface area contributed by atoms with E-state index in [9.17, 15) is 19.7 Å². The van der Waals surface area contributed by atoms with Crippen LogP contribution in [-0.2, 0) is 9.47 Å². The summed E-state index contributed by atoms with van der Waals surface area (Å²) in [4.78, 5) is 43.1. The van der Waals surface area contributed by atoms with Crippen LogP contribution in [0.4, 0.5) is 17.2 Å². The molecule has 2 aromatic carbocycles. The van der Waals surface area contributed by atoms with Crippen LogP contribution in [-0.4, -0.2) is 41.0 Å². The lowest BCUT2D eigenvalue weighted by atomic mass is 10.1. The number of aromatic nitrogens is 2. The Balaban J connectivity index is 2.05. The first-order valence-electron chi connectivity index (χ1n) is 9.67. The molecule has 0 saturated carbocycles. The largest absolute Gasteiger partial charge is 0.465 e. The van der Waals surface area contributed by atoms with Crippen molar-refractivity contribution >= 4 is 40.7 Å². The van der Waals surface area contributed by atoms with Crippen LogP contribution in [0.1, 0.15) is 31.8 Å². The number of ether oxygens (including phenoxy) is 3. The van der Waals surface area contributed by atoms with E-state index in [2.05, 4.69) is 15.3 Å². The molecule has 176 valence electrons. The Morgan fingerprint density at radius 1 is 0.971 bits per heavy atom. The molecule has 0 aliphatic rings. The first-order chi connectivity index (χ1) is 16.1. The average molecular weight is 487 g/mol. The minimum absolute atomic E-state index is 0.0215. The monoisotopic (exact) mass is 486 g/mol. The standard InChI is InChI=1S/C22H19ClN4O7/c1-11-5-16(6-12(2)17(11)23)34-20-18(27(30)31)19(24-10-25-20)26-15-8-13(21(28)32-3)7-14(9-15)22(29)33-4/h5-10H,1-4H3,(H,24,25,26). The van der Waals surface area contributed by atoms with Crippen LogP contribution in [0, 0.1) is 24.0 Å². The molecule has 0 aliphatic heterocycles. The minimum Gasteiger partial charge on any atom is -0.465 e. The fraction of sp³-hybridized carbons (Fsp3) is 0.182. The topological polar surface area (TPSA) is 143 Å². The molecule has 0 atom stereocenters. The number of benzene rings is 2. The maximum atomic E-state index is 12.0. The van der Waals surface area contributed by atoms with Crippen molar-refractivity contribution in [3.63, 3.8) is 0 Å². The number of methoxy groups -OCH3 is 2. The van der Waals surface area contributed by atoms with Gasteiger partial charge in [-0.05, 0) is 55.3 Å². The predicted molar refractivity (Wildman–Crippen MR) is 122 cm³/mol. The van der Waals surface area contributed by atoms with E-state index in [1.165, 1.54) is 32.4 Å². The normalized spacial score (nSPS) is 10.4. The number of nitrogens with one attached hydrogen (secondary N) is 1. The number of hydrogen-bond acceptors (Lipinski definition) is 10. The minimum atomic E-state index is -0.719. The highest BCUT2D eigenvalue weighted by molar-refractivity contribution is 6.32. The zero-order valence-electron chi connectivity index (χ0n) is 18.5. The molecule has 3 rings (SSSR count). The molecule has 11 nitrogen and oxygen atoms in total. The van der Waals surface area contributed by atoms with E-state index in [4.69, 9.17) is 25.8 Å². The van der Waals surface area contributed by atoms with Gasteiger partial charge in [-0.25, -0.2) is 14.6 Å². The first-order valence-corrected chi connectivity index (χ1v) is 10.0. The summed E-state index contributed by atoms with van der Waals surface area (Å²) in [7, 11) is 2.36. The van der Waals surface area contributed by atoms with Gasteiger partial charge in [-0.2, -0.15) is 4.98 Å². The summed E-state index contributed by atoms with van der Waals surface area (Å²) in [5.41, 5.74) is 1.08. The van der Waals surface area contributed by atoms with E-state index in [0.29, 0.717) is 10.8 Å². The van der Waals surface area contributed by atoms with Gasteiger partial charge in [-0.15, -0.1) is 0 Å². The highest BCUT2D eigenvalue weighted by Gasteiger charge is 2.26. The lowest BCUT2D eigenvalue weighted by Crippen LogP contribution is -2.09. The Bertz CT molecular complexity index is 1240. The van der Waals surface area contributed by atoms with Crippen LogP contribution < -0.4 is 10.1 Å². The molecule has 1 N–H and O–H groups in total. The van der Waals surface area contributed by atoms with E-state index in [1.807, 2.05) is 0 Å². The van der Waals surface area contributed by atoms with Gasteiger partial charge in [-0.1, -0.05) is 11.6 Å². The van der Waals surface area contributed by atoms with Gasteiger partial charge in [0.15, 0.2) is 0 Å². The van der Waals surface area contributed by atoms with Crippen molar-refractivity contribution in [2.24, 2.45) is 0 Å².